The van der Waals surface area contributed by atoms with Gasteiger partial charge in [-0.15, -0.1) is 0 Å². The molecule has 0 bridgehead atoms. The van der Waals surface area contributed by atoms with Crippen molar-refractivity contribution in [2.24, 2.45) is 0 Å². The summed E-state index contributed by atoms with van der Waals surface area (Å²) in [6, 6.07) is 0. The predicted molar refractivity (Wildman–Crippen MR) is 21.7 cm³/mol. The summed E-state index contributed by atoms with van der Waals surface area (Å²) in [5.41, 5.74) is -0.750. The molecule has 0 aromatic carbocycles. The van der Waals surface area contributed by atoms with Crippen LogP contribution >= 0.6 is 0 Å². The Morgan fingerprint density at radius 2 is 1.60 bits per heavy atom. The van der Waals surface area contributed by atoms with E-state index in [1.807, 2.05) is 0 Å². The maximum atomic E-state index is 8.41. The average molecular weight is 73.1 g/mol. The van der Waals surface area contributed by atoms with Gasteiger partial charge >= 0.3 is 0 Å². The summed E-state index contributed by atoms with van der Waals surface area (Å²) in [5.74, 6) is 0. The van der Waals surface area contributed by atoms with E-state index in [1.54, 1.807) is 13.8 Å². The zero-order chi connectivity index (χ0) is 4.50. The van der Waals surface area contributed by atoms with Gasteiger partial charge in [0.05, 0.1) is 5.60 Å². The van der Waals surface area contributed by atoms with Gasteiger partial charge in [-0.05, 0) is 20.8 Å². The van der Waals surface area contributed by atoms with E-state index in [0.717, 1.165) is 0 Å². The highest BCUT2D eigenvalue weighted by Crippen LogP contribution is 1.92. The van der Waals surface area contributed by atoms with Crippen molar-refractivity contribution in [1.82, 2.24) is 0 Å². The minimum atomic E-state index is -0.750. The van der Waals surface area contributed by atoms with Crippen molar-refractivity contribution in [3.63, 3.8) is 0 Å². The molecule has 0 amide bonds. The van der Waals surface area contributed by atoms with Crippen LogP contribution in [0.2, 0.25) is 0 Å². The molecule has 0 fully saturated rings. The van der Waals surface area contributed by atoms with Gasteiger partial charge in [0.2, 0.25) is 0 Å². The van der Waals surface area contributed by atoms with Crippen molar-refractivity contribution in [3.05, 3.63) is 6.92 Å². The molecule has 0 aromatic rings. The first-order chi connectivity index (χ1) is 2.00. The molecule has 0 aromatic heterocycles. The van der Waals surface area contributed by atoms with Crippen LogP contribution < -0.4 is 0 Å². The molecular formula is C4H9O. The highest BCUT2D eigenvalue weighted by Gasteiger charge is 1.98. The summed E-state index contributed by atoms with van der Waals surface area (Å²) < 4.78 is 0. The van der Waals surface area contributed by atoms with Crippen LogP contribution in [-0.4, -0.2) is 10.7 Å². The van der Waals surface area contributed by atoms with Gasteiger partial charge in [0.1, 0.15) is 0 Å². The quantitative estimate of drug-likeness (QED) is 0.445. The van der Waals surface area contributed by atoms with E-state index >= 15 is 0 Å². The summed E-state index contributed by atoms with van der Waals surface area (Å²) >= 11 is 0. The molecule has 1 heteroatoms. The fourth-order valence-electron chi connectivity index (χ4n) is 0. The number of hydrogen-bond donors (Lipinski definition) is 1. The molecule has 0 heterocycles. The second kappa shape index (κ2) is 0.977. The maximum Gasteiger partial charge on any atom is 0.0592 e. The third-order valence-electron chi connectivity index (χ3n) is 0. The average Bonchev–Trinajstić information content (AvgIpc) is 0.722. The first-order valence-corrected chi connectivity index (χ1v) is 1.58. The van der Waals surface area contributed by atoms with E-state index in [2.05, 4.69) is 6.92 Å². The largest absolute Gasteiger partial charge is 0.390 e. The maximum absolute atomic E-state index is 8.41. The number of rotatable bonds is 0. The van der Waals surface area contributed by atoms with Crippen molar-refractivity contribution in [2.45, 2.75) is 19.4 Å². The highest BCUT2D eigenvalue weighted by molar-refractivity contribution is 4.64. The van der Waals surface area contributed by atoms with E-state index in [0.29, 0.717) is 0 Å². The Bertz CT molecular complexity index is 19.1. The molecule has 0 rings (SSSR count). The van der Waals surface area contributed by atoms with Gasteiger partial charge in [0.15, 0.2) is 0 Å². The van der Waals surface area contributed by atoms with Gasteiger partial charge in [-0.3, -0.25) is 0 Å². The molecule has 1 N–H and O–H groups in total. The van der Waals surface area contributed by atoms with Crippen LogP contribution in [0, 0.1) is 6.92 Å². The molecule has 0 unspecified atom stereocenters. The third-order valence-corrected chi connectivity index (χ3v) is 0. The Balaban J connectivity index is 3.02. The van der Waals surface area contributed by atoms with Gasteiger partial charge in [0, 0.05) is 0 Å². The molecule has 1 radical (unpaired) electrons. The van der Waals surface area contributed by atoms with Gasteiger partial charge in [-0.1, -0.05) is 0 Å². The standard InChI is InChI=1S/C4H9O/c1-4(2,3)5/h5H,1H2,2-3H3. The predicted octanol–water partition coefficient (Wildman–Crippen LogP) is 0.591. The van der Waals surface area contributed by atoms with Crippen molar-refractivity contribution in [1.29, 1.82) is 0 Å². The lowest BCUT2D eigenvalue weighted by atomic mass is 10.2. The Morgan fingerprint density at radius 1 is 1.60 bits per heavy atom. The second-order valence-electron chi connectivity index (χ2n) is 1.81. The van der Waals surface area contributed by atoms with Crippen molar-refractivity contribution >= 4 is 0 Å². The molecule has 0 aliphatic rings. The molecule has 0 saturated heterocycles. The Kier molecular flexibility index (Phi) is 0.969. The SMILES string of the molecule is [CH2]C(C)(C)O. The van der Waals surface area contributed by atoms with Crippen molar-refractivity contribution in [2.75, 3.05) is 0 Å². The van der Waals surface area contributed by atoms with Crippen LogP contribution in [0.25, 0.3) is 0 Å². The fourth-order valence-corrected chi connectivity index (χ4v) is 0. The summed E-state index contributed by atoms with van der Waals surface area (Å²) in [4.78, 5) is 0. The molecule has 31 valence electrons. The second-order valence-corrected chi connectivity index (χ2v) is 1.81. The van der Waals surface area contributed by atoms with E-state index < -0.39 is 5.60 Å². The monoisotopic (exact) mass is 73.1 g/mol. The number of hydrogen-bond acceptors (Lipinski definition) is 1. The molecule has 5 heavy (non-hydrogen) atoms. The highest BCUT2D eigenvalue weighted by atomic mass is 16.3. The van der Waals surface area contributed by atoms with Gasteiger partial charge in [0.25, 0.3) is 0 Å². The minimum Gasteiger partial charge on any atom is -0.390 e. The van der Waals surface area contributed by atoms with Crippen LogP contribution in [0.5, 0.6) is 0 Å². The Labute approximate surface area is 32.6 Å². The molecule has 1 nitrogen and oxygen atoms in total. The van der Waals surface area contributed by atoms with Crippen molar-refractivity contribution < 1.29 is 5.11 Å². The summed E-state index contributed by atoms with van der Waals surface area (Å²) in [5, 5.41) is 8.41. The van der Waals surface area contributed by atoms with Crippen LogP contribution in [-0.2, 0) is 0 Å². The lowest BCUT2D eigenvalue weighted by molar-refractivity contribution is 0.130. The number of aliphatic hydroxyl groups is 1. The van der Waals surface area contributed by atoms with Gasteiger partial charge < -0.3 is 5.11 Å². The van der Waals surface area contributed by atoms with Crippen LogP contribution in [0.1, 0.15) is 13.8 Å². The normalized spacial score (nSPS) is 12.0. The third kappa shape index (κ3) is 9510. The van der Waals surface area contributed by atoms with E-state index in [4.69, 9.17) is 5.11 Å². The first kappa shape index (κ1) is 4.96. The molecule has 0 spiro atoms. The fraction of sp³-hybridized carbons (Fsp3) is 0.750. The zero-order valence-electron chi connectivity index (χ0n) is 3.65. The molecular weight excluding hydrogens is 64.0 g/mol. The summed E-state index contributed by atoms with van der Waals surface area (Å²) in [6.07, 6.45) is 0. The smallest absolute Gasteiger partial charge is 0.0592 e. The first-order valence-electron chi connectivity index (χ1n) is 1.58. The van der Waals surface area contributed by atoms with Gasteiger partial charge in [-0.2, -0.15) is 0 Å². The van der Waals surface area contributed by atoms with E-state index in [9.17, 15) is 0 Å². The van der Waals surface area contributed by atoms with E-state index in [1.165, 1.54) is 0 Å². The Hall–Kier alpha value is -0.0400. The topological polar surface area (TPSA) is 20.2 Å². The van der Waals surface area contributed by atoms with E-state index in [-0.39, 0.29) is 0 Å². The molecule has 0 atom stereocenters. The van der Waals surface area contributed by atoms with Crippen molar-refractivity contribution in [3.8, 4) is 0 Å². The summed E-state index contributed by atoms with van der Waals surface area (Å²) in [7, 11) is 0. The molecule has 0 aliphatic heterocycles. The lowest BCUT2D eigenvalue weighted by Crippen LogP contribution is -2.10. The van der Waals surface area contributed by atoms with Crippen LogP contribution in [0.3, 0.4) is 0 Å². The van der Waals surface area contributed by atoms with Crippen LogP contribution in [0.4, 0.5) is 0 Å². The molecule has 0 saturated carbocycles. The van der Waals surface area contributed by atoms with Crippen LogP contribution in [0.15, 0.2) is 0 Å². The van der Waals surface area contributed by atoms with Gasteiger partial charge in [-0.25, -0.2) is 0 Å². The Morgan fingerprint density at radius 3 is 1.60 bits per heavy atom. The molecule has 0 aliphatic carbocycles. The summed E-state index contributed by atoms with van der Waals surface area (Å²) in [6.45, 7) is 6.59. The lowest BCUT2D eigenvalue weighted by Gasteiger charge is -2.04. The zero-order valence-corrected chi connectivity index (χ0v) is 3.65. The minimum absolute atomic E-state index is 0.750.